The molecular formula is C19H25OSi. The van der Waals surface area contributed by atoms with Gasteiger partial charge in [0.15, 0.2) is 0 Å². The van der Waals surface area contributed by atoms with Gasteiger partial charge in [-0.2, -0.15) is 0 Å². The Balaban J connectivity index is 2.00. The average Bonchev–Trinajstić information content (AvgIpc) is 2.48. The first-order chi connectivity index (χ1) is 10.1. The topological polar surface area (TPSA) is 9.23 Å². The second kappa shape index (κ2) is 7.58. The molecule has 111 valence electrons. The second-order valence-corrected chi connectivity index (χ2v) is 9.47. The lowest BCUT2D eigenvalue weighted by Gasteiger charge is -2.22. The highest BCUT2D eigenvalue weighted by Crippen LogP contribution is 2.23. The molecule has 0 aromatic heterocycles. The average molecular weight is 297 g/mol. The molecule has 0 spiro atoms. The van der Waals surface area contributed by atoms with Crippen molar-refractivity contribution in [2.24, 2.45) is 0 Å². The van der Waals surface area contributed by atoms with Gasteiger partial charge in [-0.1, -0.05) is 82.3 Å². The predicted octanol–water partition coefficient (Wildman–Crippen LogP) is 5.68. The van der Waals surface area contributed by atoms with Crippen LogP contribution < -0.4 is 0 Å². The zero-order valence-corrected chi connectivity index (χ0v) is 14.5. The molecule has 0 N–H and O–H groups in total. The van der Waals surface area contributed by atoms with Crippen LogP contribution in [0.15, 0.2) is 54.6 Å². The fourth-order valence-electron chi connectivity index (χ4n) is 2.59. The Morgan fingerprint density at radius 1 is 0.762 bits per heavy atom. The van der Waals surface area contributed by atoms with Crippen LogP contribution in [0.1, 0.15) is 33.3 Å². The van der Waals surface area contributed by atoms with Gasteiger partial charge in [0.2, 0.25) is 9.04 Å². The van der Waals surface area contributed by atoms with Crippen molar-refractivity contribution in [1.29, 1.82) is 0 Å². The predicted molar refractivity (Wildman–Crippen MR) is 92.6 cm³/mol. The SMILES string of the molecule is CC(C)[Si](OCc1ccc(-c2ccccc2)cc1)C(C)C. The van der Waals surface area contributed by atoms with E-state index < -0.39 is 9.04 Å². The Morgan fingerprint density at radius 3 is 1.81 bits per heavy atom. The molecule has 0 atom stereocenters. The highest BCUT2D eigenvalue weighted by atomic mass is 28.3. The van der Waals surface area contributed by atoms with Crippen LogP contribution in [0.2, 0.25) is 11.1 Å². The van der Waals surface area contributed by atoms with Crippen molar-refractivity contribution in [2.75, 3.05) is 0 Å². The maximum Gasteiger partial charge on any atom is 0.217 e. The zero-order valence-electron chi connectivity index (χ0n) is 13.5. The first kappa shape index (κ1) is 16.0. The van der Waals surface area contributed by atoms with E-state index in [2.05, 4.69) is 76.2 Å². The third-order valence-corrected chi connectivity index (χ3v) is 6.36. The summed E-state index contributed by atoms with van der Waals surface area (Å²) >= 11 is 0. The lowest BCUT2D eigenvalue weighted by molar-refractivity contribution is 0.296. The fourth-order valence-corrected chi connectivity index (χ4v) is 4.92. The summed E-state index contributed by atoms with van der Waals surface area (Å²) in [5.74, 6) is 0. The summed E-state index contributed by atoms with van der Waals surface area (Å²) in [6.07, 6.45) is 0. The van der Waals surface area contributed by atoms with E-state index in [9.17, 15) is 0 Å². The minimum absolute atomic E-state index is 0.651. The van der Waals surface area contributed by atoms with Crippen LogP contribution in [0.25, 0.3) is 11.1 Å². The summed E-state index contributed by atoms with van der Waals surface area (Å²) in [7, 11) is -0.738. The molecule has 0 saturated carbocycles. The molecule has 2 rings (SSSR count). The number of benzene rings is 2. The molecule has 1 radical (unpaired) electrons. The van der Waals surface area contributed by atoms with Crippen LogP contribution in [-0.4, -0.2) is 9.04 Å². The van der Waals surface area contributed by atoms with E-state index in [0.29, 0.717) is 11.1 Å². The normalized spacial score (nSPS) is 11.6. The van der Waals surface area contributed by atoms with E-state index in [4.69, 9.17) is 4.43 Å². The smallest absolute Gasteiger partial charge is 0.217 e. The van der Waals surface area contributed by atoms with Crippen LogP contribution in [0.4, 0.5) is 0 Å². The van der Waals surface area contributed by atoms with Gasteiger partial charge in [-0.15, -0.1) is 0 Å². The molecule has 0 aliphatic heterocycles. The van der Waals surface area contributed by atoms with E-state index in [0.717, 1.165) is 6.61 Å². The Morgan fingerprint density at radius 2 is 1.29 bits per heavy atom. The first-order valence-corrected chi connectivity index (χ1v) is 9.28. The van der Waals surface area contributed by atoms with Crippen LogP contribution in [0.5, 0.6) is 0 Å². The molecule has 0 aliphatic carbocycles. The maximum absolute atomic E-state index is 6.20. The number of hydrogen-bond acceptors (Lipinski definition) is 1. The Hall–Kier alpha value is -1.38. The molecular weight excluding hydrogens is 272 g/mol. The molecule has 1 nitrogen and oxygen atoms in total. The standard InChI is InChI=1S/C19H25OSi/c1-15(2)21(16(3)4)20-14-17-10-12-19(13-11-17)18-8-6-5-7-9-18/h5-13,15-16H,14H2,1-4H3. The highest BCUT2D eigenvalue weighted by Gasteiger charge is 2.21. The van der Waals surface area contributed by atoms with E-state index >= 15 is 0 Å². The van der Waals surface area contributed by atoms with Crippen molar-refractivity contribution >= 4 is 9.04 Å². The Labute approximate surface area is 130 Å². The second-order valence-electron chi connectivity index (χ2n) is 6.06. The number of rotatable bonds is 6. The summed E-state index contributed by atoms with van der Waals surface area (Å²) < 4.78 is 6.20. The van der Waals surface area contributed by atoms with Crippen molar-refractivity contribution < 1.29 is 4.43 Å². The van der Waals surface area contributed by atoms with Crippen molar-refractivity contribution in [2.45, 2.75) is 45.4 Å². The molecule has 2 aromatic rings. The van der Waals surface area contributed by atoms with Gasteiger partial charge < -0.3 is 4.43 Å². The molecule has 0 fully saturated rings. The molecule has 0 unspecified atom stereocenters. The van der Waals surface area contributed by atoms with E-state index in [1.165, 1.54) is 16.7 Å². The lowest BCUT2D eigenvalue weighted by atomic mass is 10.0. The van der Waals surface area contributed by atoms with Crippen molar-refractivity contribution in [1.82, 2.24) is 0 Å². The van der Waals surface area contributed by atoms with Gasteiger partial charge in [0.1, 0.15) is 0 Å². The van der Waals surface area contributed by atoms with Crippen LogP contribution in [0, 0.1) is 0 Å². The molecule has 0 aliphatic rings. The van der Waals surface area contributed by atoms with Crippen molar-refractivity contribution in [3.8, 4) is 11.1 Å². The summed E-state index contributed by atoms with van der Waals surface area (Å²) in [6, 6.07) is 19.2. The van der Waals surface area contributed by atoms with Crippen molar-refractivity contribution in [3.63, 3.8) is 0 Å². The summed E-state index contributed by atoms with van der Waals surface area (Å²) in [5.41, 5.74) is 5.09. The Bertz CT molecular complexity index is 523. The molecule has 0 amide bonds. The first-order valence-electron chi connectivity index (χ1n) is 7.72. The minimum atomic E-state index is -0.738. The summed E-state index contributed by atoms with van der Waals surface area (Å²) in [4.78, 5) is 0. The summed E-state index contributed by atoms with van der Waals surface area (Å²) in [6.45, 7) is 9.82. The molecule has 0 bridgehead atoms. The quantitative estimate of drug-likeness (QED) is 0.623. The van der Waals surface area contributed by atoms with E-state index in [1.807, 2.05) is 6.07 Å². The fraction of sp³-hybridized carbons (Fsp3) is 0.368. The van der Waals surface area contributed by atoms with Gasteiger partial charge in [-0.05, 0) is 27.8 Å². The highest BCUT2D eigenvalue weighted by molar-refractivity contribution is 6.54. The van der Waals surface area contributed by atoms with Crippen molar-refractivity contribution in [3.05, 3.63) is 60.2 Å². The van der Waals surface area contributed by atoms with Crippen LogP contribution in [0.3, 0.4) is 0 Å². The van der Waals surface area contributed by atoms with Gasteiger partial charge in [0.25, 0.3) is 0 Å². The van der Waals surface area contributed by atoms with Gasteiger partial charge >= 0.3 is 0 Å². The van der Waals surface area contributed by atoms with E-state index in [-0.39, 0.29) is 0 Å². The summed E-state index contributed by atoms with van der Waals surface area (Å²) in [5, 5.41) is 0. The van der Waals surface area contributed by atoms with Gasteiger partial charge in [0, 0.05) is 0 Å². The molecule has 0 saturated heterocycles. The van der Waals surface area contributed by atoms with Crippen LogP contribution in [-0.2, 0) is 11.0 Å². The Kier molecular flexibility index (Phi) is 5.77. The maximum atomic E-state index is 6.20. The largest absolute Gasteiger partial charge is 0.412 e. The zero-order chi connectivity index (χ0) is 15.2. The third-order valence-electron chi connectivity index (χ3n) is 3.60. The van der Waals surface area contributed by atoms with E-state index in [1.54, 1.807) is 0 Å². The monoisotopic (exact) mass is 297 g/mol. The lowest BCUT2D eigenvalue weighted by Crippen LogP contribution is -2.25. The molecule has 21 heavy (non-hydrogen) atoms. The number of hydrogen-bond donors (Lipinski definition) is 0. The molecule has 2 aromatic carbocycles. The van der Waals surface area contributed by atoms with Gasteiger partial charge in [-0.25, -0.2) is 0 Å². The van der Waals surface area contributed by atoms with Crippen LogP contribution >= 0.6 is 0 Å². The van der Waals surface area contributed by atoms with Gasteiger partial charge in [-0.3, -0.25) is 0 Å². The minimum Gasteiger partial charge on any atom is -0.412 e. The molecule has 2 heteroatoms. The van der Waals surface area contributed by atoms with Gasteiger partial charge in [0.05, 0.1) is 6.61 Å². The molecule has 0 heterocycles. The third kappa shape index (κ3) is 4.55.